The Morgan fingerprint density at radius 3 is 2.28 bits per heavy atom. The van der Waals surface area contributed by atoms with Crippen molar-refractivity contribution in [1.29, 1.82) is 0 Å². The molecule has 2 N–H and O–H groups in total. The van der Waals surface area contributed by atoms with Crippen molar-refractivity contribution in [2.75, 3.05) is 26.2 Å². The smallest absolute Gasteiger partial charge is 0.407 e. The lowest BCUT2D eigenvalue weighted by molar-refractivity contribution is -0.138. The number of carboxylic acid groups (broad SMARTS) is 1. The van der Waals surface area contributed by atoms with E-state index in [4.69, 9.17) is 9.84 Å². The Kier molecular flexibility index (Phi) is 6.41. The number of ether oxygens (including phenoxy) is 1. The summed E-state index contributed by atoms with van der Waals surface area (Å²) in [6.45, 7) is 1.29. The fourth-order valence-corrected chi connectivity index (χ4v) is 4.21. The first-order valence-electron chi connectivity index (χ1n) is 10.6. The Morgan fingerprint density at radius 2 is 1.66 bits per heavy atom. The molecule has 0 bridgehead atoms. The van der Waals surface area contributed by atoms with E-state index in [0.29, 0.717) is 19.5 Å². The average Bonchev–Trinajstić information content (AvgIpc) is 3.08. The van der Waals surface area contributed by atoms with Crippen LogP contribution >= 0.6 is 0 Å². The average molecular weight is 432 g/mol. The molecule has 0 saturated carbocycles. The number of alkyl carbamates (subject to hydrolysis) is 1. The zero-order valence-corrected chi connectivity index (χ0v) is 17.5. The number of carboxylic acids is 1. The zero-order valence-electron chi connectivity index (χ0n) is 17.5. The first-order chi connectivity index (χ1) is 15.5. The molecule has 0 atom stereocenters. The Bertz CT molecular complexity index is 1050. The lowest BCUT2D eigenvalue weighted by Crippen LogP contribution is -2.49. The molecule has 0 aromatic heterocycles. The summed E-state index contributed by atoms with van der Waals surface area (Å²) in [4.78, 5) is 36.2. The summed E-state index contributed by atoms with van der Waals surface area (Å²) < 4.78 is 5.43. The van der Waals surface area contributed by atoms with Gasteiger partial charge >= 0.3 is 12.1 Å². The van der Waals surface area contributed by atoms with Crippen molar-refractivity contribution in [1.82, 2.24) is 10.2 Å². The normalized spacial score (nSPS) is 14.4. The summed E-state index contributed by atoms with van der Waals surface area (Å²) in [5.74, 6) is 4.21. The van der Waals surface area contributed by atoms with Crippen LogP contribution in [0.3, 0.4) is 0 Å². The van der Waals surface area contributed by atoms with E-state index >= 15 is 0 Å². The van der Waals surface area contributed by atoms with E-state index in [2.05, 4.69) is 41.4 Å². The molecule has 1 aliphatic carbocycles. The molecule has 32 heavy (non-hydrogen) atoms. The van der Waals surface area contributed by atoms with Crippen LogP contribution in [0.1, 0.15) is 29.9 Å². The number of amides is 2. The molecule has 0 unspecified atom stereocenters. The van der Waals surface area contributed by atoms with E-state index in [1.165, 1.54) is 0 Å². The van der Waals surface area contributed by atoms with Gasteiger partial charge in [-0.1, -0.05) is 54.5 Å². The molecule has 7 heteroatoms. The number of likely N-dealkylation sites (tertiary alicyclic amines) is 1. The number of fused-ring (bicyclic) bond motifs is 3. The maximum Gasteiger partial charge on any atom is 0.407 e. The quantitative estimate of drug-likeness (QED) is 0.685. The molecule has 2 aromatic rings. The van der Waals surface area contributed by atoms with Crippen LogP contribution in [-0.4, -0.2) is 54.2 Å². The molecule has 2 amide bonds. The number of nitrogens with zero attached hydrogens (tertiary/aromatic N) is 1. The fraction of sp³-hybridized carbons (Fsp3) is 0.320. The predicted molar refractivity (Wildman–Crippen MR) is 118 cm³/mol. The molecule has 1 heterocycles. The number of hydrogen-bond donors (Lipinski definition) is 2. The van der Waals surface area contributed by atoms with Crippen LogP contribution < -0.4 is 5.32 Å². The van der Waals surface area contributed by atoms with Gasteiger partial charge in [0.1, 0.15) is 6.61 Å². The predicted octanol–water partition coefficient (Wildman–Crippen LogP) is 2.85. The summed E-state index contributed by atoms with van der Waals surface area (Å²) >= 11 is 0. The molecular formula is C25H24N2O5. The monoisotopic (exact) mass is 432 g/mol. The van der Waals surface area contributed by atoms with Gasteiger partial charge < -0.3 is 20.1 Å². The lowest BCUT2D eigenvalue weighted by Gasteiger charge is -2.37. The number of hydrogen-bond acceptors (Lipinski definition) is 4. The number of carbonyl (C=O) groups excluding carboxylic acids is 2. The van der Waals surface area contributed by atoms with Gasteiger partial charge in [0, 0.05) is 25.4 Å². The van der Waals surface area contributed by atoms with Crippen molar-refractivity contribution < 1.29 is 24.2 Å². The Labute approximate surface area is 186 Å². The summed E-state index contributed by atoms with van der Waals surface area (Å²) in [5.41, 5.74) is 4.61. The summed E-state index contributed by atoms with van der Waals surface area (Å²) in [7, 11) is 0. The van der Waals surface area contributed by atoms with Crippen LogP contribution in [0.4, 0.5) is 4.79 Å². The molecular weight excluding hydrogens is 408 g/mol. The summed E-state index contributed by atoms with van der Waals surface area (Å²) in [5, 5.41) is 11.2. The molecule has 0 spiro atoms. The lowest BCUT2D eigenvalue weighted by atomic mass is 9.95. The molecule has 0 radical (unpaired) electrons. The zero-order chi connectivity index (χ0) is 22.5. The SMILES string of the molecule is O=C(O)CCC1CN(C(=O)C#CCNC(=O)OCC2c3ccccc3-c3ccccc32)C1. The molecule has 164 valence electrons. The van der Waals surface area contributed by atoms with Crippen LogP contribution in [0.15, 0.2) is 48.5 Å². The van der Waals surface area contributed by atoms with Crippen LogP contribution in [0.25, 0.3) is 11.1 Å². The third kappa shape index (κ3) is 4.75. The fourth-order valence-electron chi connectivity index (χ4n) is 4.21. The maximum absolute atomic E-state index is 12.1. The van der Waals surface area contributed by atoms with Gasteiger partial charge in [-0.15, -0.1) is 0 Å². The highest BCUT2D eigenvalue weighted by molar-refractivity contribution is 5.94. The summed E-state index contributed by atoms with van der Waals surface area (Å²) in [6, 6.07) is 16.2. The second kappa shape index (κ2) is 9.56. The van der Waals surface area contributed by atoms with Gasteiger partial charge in [-0.2, -0.15) is 0 Å². The highest BCUT2D eigenvalue weighted by Crippen LogP contribution is 2.44. The number of benzene rings is 2. The standard InChI is InChI=1S/C25H24N2O5/c28-23(27-14-17(15-27)11-12-24(29)30)10-5-13-26-25(31)32-16-22-20-8-3-1-6-18(20)19-7-2-4-9-21(19)22/h1-4,6-9,17,22H,11-16H2,(H,26,31)(H,29,30). The van der Waals surface area contributed by atoms with Crippen LogP contribution in [0.5, 0.6) is 0 Å². The number of nitrogens with one attached hydrogen (secondary N) is 1. The molecule has 7 nitrogen and oxygen atoms in total. The minimum Gasteiger partial charge on any atom is -0.481 e. The van der Waals surface area contributed by atoms with E-state index in [9.17, 15) is 14.4 Å². The van der Waals surface area contributed by atoms with Gasteiger partial charge in [-0.05, 0) is 40.5 Å². The van der Waals surface area contributed by atoms with Crippen molar-refractivity contribution in [3.63, 3.8) is 0 Å². The van der Waals surface area contributed by atoms with E-state index in [1.54, 1.807) is 4.90 Å². The first kappa shape index (κ1) is 21.4. The van der Waals surface area contributed by atoms with E-state index < -0.39 is 12.1 Å². The Hall–Kier alpha value is -3.79. The largest absolute Gasteiger partial charge is 0.481 e. The third-order valence-corrected chi connectivity index (χ3v) is 5.87. The Morgan fingerprint density at radius 1 is 1.03 bits per heavy atom. The van der Waals surface area contributed by atoms with Crippen LogP contribution in [0, 0.1) is 17.8 Å². The number of aliphatic carboxylic acids is 1. The second-order valence-electron chi connectivity index (χ2n) is 7.99. The van der Waals surface area contributed by atoms with Crippen LogP contribution in [-0.2, 0) is 14.3 Å². The van der Waals surface area contributed by atoms with Gasteiger partial charge in [-0.3, -0.25) is 9.59 Å². The van der Waals surface area contributed by atoms with E-state index in [0.717, 1.165) is 22.3 Å². The third-order valence-electron chi connectivity index (χ3n) is 5.87. The van der Waals surface area contributed by atoms with Crippen molar-refractivity contribution in [3.8, 4) is 23.0 Å². The number of carbonyl (C=O) groups is 3. The summed E-state index contributed by atoms with van der Waals surface area (Å²) in [6.07, 6.45) is 0.101. The van der Waals surface area contributed by atoms with Crippen LogP contribution in [0.2, 0.25) is 0 Å². The molecule has 2 aromatic carbocycles. The van der Waals surface area contributed by atoms with E-state index in [-0.39, 0.29) is 37.3 Å². The molecule has 4 rings (SSSR count). The van der Waals surface area contributed by atoms with E-state index in [1.807, 2.05) is 24.3 Å². The van der Waals surface area contributed by atoms with Crippen molar-refractivity contribution >= 4 is 18.0 Å². The van der Waals surface area contributed by atoms with Gasteiger partial charge in [0.15, 0.2) is 0 Å². The van der Waals surface area contributed by atoms with Gasteiger partial charge in [0.2, 0.25) is 0 Å². The van der Waals surface area contributed by atoms with Gasteiger partial charge in [0.25, 0.3) is 5.91 Å². The Balaban J connectivity index is 1.21. The van der Waals surface area contributed by atoms with Crippen molar-refractivity contribution in [2.24, 2.45) is 5.92 Å². The number of rotatable bonds is 6. The van der Waals surface area contributed by atoms with Gasteiger partial charge in [0.05, 0.1) is 6.54 Å². The maximum atomic E-state index is 12.1. The van der Waals surface area contributed by atoms with Crippen molar-refractivity contribution in [2.45, 2.75) is 18.8 Å². The molecule has 2 aliphatic rings. The van der Waals surface area contributed by atoms with Crippen molar-refractivity contribution in [3.05, 3.63) is 59.7 Å². The minimum atomic E-state index is -0.825. The first-order valence-corrected chi connectivity index (χ1v) is 10.6. The highest BCUT2D eigenvalue weighted by Gasteiger charge is 2.30. The molecule has 1 fully saturated rings. The topological polar surface area (TPSA) is 95.9 Å². The minimum absolute atomic E-state index is 0.0126. The van der Waals surface area contributed by atoms with Gasteiger partial charge in [-0.25, -0.2) is 4.79 Å². The molecule has 1 aliphatic heterocycles. The second-order valence-corrected chi connectivity index (χ2v) is 7.99. The molecule has 1 saturated heterocycles. The highest BCUT2D eigenvalue weighted by atomic mass is 16.5.